The van der Waals surface area contributed by atoms with Crippen molar-refractivity contribution in [3.05, 3.63) is 498 Å². The van der Waals surface area contributed by atoms with Gasteiger partial charge in [0.2, 0.25) is 0 Å². The molecule has 11 nitrogen and oxygen atoms in total. The monoisotopic (exact) mass is 1860 g/mol. The molecule has 0 radical (unpaired) electrons. The summed E-state index contributed by atoms with van der Waals surface area (Å²) in [7, 11) is 0. The molecule has 8 heterocycles. The van der Waals surface area contributed by atoms with Gasteiger partial charge in [-0.25, -0.2) is 29.9 Å². The Labute approximate surface area is 836 Å². The van der Waals surface area contributed by atoms with Gasteiger partial charge in [0.15, 0.2) is 17.5 Å². The Morgan fingerprint density at radius 2 is 0.562 bits per heavy atom. The molecule has 0 saturated heterocycles. The summed E-state index contributed by atoms with van der Waals surface area (Å²) in [6, 6.07) is 174. The second-order valence-corrected chi connectivity index (χ2v) is 37.8. The van der Waals surface area contributed by atoms with E-state index < -0.39 is 0 Å². The second-order valence-electron chi connectivity index (χ2n) is 37.8. The maximum Gasteiger partial charge on any atom is 0.161 e. The summed E-state index contributed by atoms with van der Waals surface area (Å²) in [5, 5.41) is 28.5. The molecule has 23 aromatic carbocycles. The minimum absolute atomic E-state index is 0.687. The molecule has 11 heteroatoms. The third-order valence-corrected chi connectivity index (χ3v) is 29.3. The van der Waals surface area contributed by atoms with Gasteiger partial charge in [-0.1, -0.05) is 346 Å². The van der Waals surface area contributed by atoms with Gasteiger partial charge >= 0.3 is 0 Å². The molecule has 0 N–H and O–H groups in total. The fraction of sp³-hybridized carbons (Fsp3) is 0. The number of rotatable bonds is 10. The molecule has 0 spiro atoms. The molecular formula is C135H82N10O. The Bertz CT molecular complexity index is 10800. The molecule has 0 atom stereocenters. The van der Waals surface area contributed by atoms with Gasteiger partial charge in [0.25, 0.3) is 0 Å². The number of para-hydroxylation sites is 7. The van der Waals surface area contributed by atoms with Crippen LogP contribution in [0.25, 0.3) is 292 Å². The average molecular weight is 1860 g/mol. The van der Waals surface area contributed by atoms with Gasteiger partial charge in [0.05, 0.1) is 66.7 Å². The maximum atomic E-state index is 6.44. The molecule has 0 aliphatic carbocycles. The highest BCUT2D eigenvalue weighted by molar-refractivity contribution is 6.19. The number of benzene rings is 23. The third kappa shape index (κ3) is 14.1. The minimum Gasteiger partial charge on any atom is -0.455 e. The quantitative estimate of drug-likeness (QED) is 0.133. The topological polar surface area (TPSA) is 118 Å². The van der Waals surface area contributed by atoms with Crippen molar-refractivity contribution in [3.63, 3.8) is 0 Å². The van der Waals surface area contributed by atoms with Crippen molar-refractivity contribution in [3.8, 4) is 96.1 Å². The van der Waals surface area contributed by atoms with Crippen LogP contribution in [0.15, 0.2) is 502 Å². The van der Waals surface area contributed by atoms with Crippen molar-refractivity contribution in [2.75, 3.05) is 0 Å². The predicted octanol–water partition coefficient (Wildman–Crippen LogP) is 35.2. The minimum atomic E-state index is 0.687. The van der Waals surface area contributed by atoms with Crippen LogP contribution in [0.2, 0.25) is 0 Å². The van der Waals surface area contributed by atoms with Gasteiger partial charge in [0, 0.05) is 110 Å². The van der Waals surface area contributed by atoms with Crippen molar-refractivity contribution in [2.24, 2.45) is 0 Å². The van der Waals surface area contributed by atoms with E-state index in [-0.39, 0.29) is 0 Å². The summed E-state index contributed by atoms with van der Waals surface area (Å²) >= 11 is 0. The summed E-state index contributed by atoms with van der Waals surface area (Å²) in [4.78, 5) is 35.6. The zero-order chi connectivity index (χ0) is 96.0. The van der Waals surface area contributed by atoms with E-state index >= 15 is 0 Å². The first kappa shape index (κ1) is 83.2. The van der Waals surface area contributed by atoms with Crippen LogP contribution in [0.3, 0.4) is 0 Å². The van der Waals surface area contributed by atoms with Crippen LogP contribution in [-0.2, 0) is 0 Å². The lowest BCUT2D eigenvalue weighted by Crippen LogP contribution is -1.99. The number of pyridine rings is 1. The lowest BCUT2D eigenvalue weighted by atomic mass is 9.99. The molecule has 0 aliphatic rings. The average Bonchev–Trinajstić information content (AvgIpc) is 1.57. The van der Waals surface area contributed by atoms with E-state index in [0.717, 1.165) is 160 Å². The van der Waals surface area contributed by atoms with Gasteiger partial charge < -0.3 is 18.1 Å². The fourth-order valence-electron chi connectivity index (χ4n) is 22.3. The van der Waals surface area contributed by atoms with Crippen LogP contribution in [0.5, 0.6) is 0 Å². The smallest absolute Gasteiger partial charge is 0.161 e. The standard InChI is InChI=1S/C46H27N3O.C46H29N3.C43H26N4/c1-2-11-29-27-42-39(26-28(29)10-1)34-12-4-7-18-41(34)49(42)33-23-22-30-24-32(21-20-31(30)25-33)46-47-40-17-6-3-14-37(40)44(48-46)38-16-9-15-36-35-13-5-8-19-43(35)50-45(36)38;1-2-12-30(13-3-1)31-22-24-32(25-23-31)45-39-19-8-10-20-41(39)47-46(48-45)38-26-27-43(36-17-7-6-16-35(36)38)49-42-21-11-9-18-37(42)40-28-33-14-4-5-15-34(33)29-44(40)49;1-2-9-28-22-33(17-15-27(28)8-1)41-42-38(13-7-21-44-42)45-43(46-41)34-18-16-32-24-35(20-19-31(32)23-34)47-39-14-6-5-12-36(39)37-25-29-10-3-4-11-30(29)26-40(37)47/h1-27H;1-29H;1-26H. The number of aromatic nitrogens is 10. The van der Waals surface area contributed by atoms with E-state index in [1.165, 1.54) is 120 Å². The van der Waals surface area contributed by atoms with Gasteiger partial charge in [-0.15, -0.1) is 0 Å². The predicted molar refractivity (Wildman–Crippen MR) is 607 cm³/mol. The largest absolute Gasteiger partial charge is 0.455 e. The van der Waals surface area contributed by atoms with Crippen LogP contribution in [0.1, 0.15) is 0 Å². The van der Waals surface area contributed by atoms with Gasteiger partial charge in [-0.3, -0.25) is 4.98 Å². The summed E-state index contributed by atoms with van der Waals surface area (Å²) in [5.41, 5.74) is 26.8. The zero-order valence-electron chi connectivity index (χ0n) is 78.7. The van der Waals surface area contributed by atoms with Crippen LogP contribution in [0, 0.1) is 0 Å². The van der Waals surface area contributed by atoms with Crippen molar-refractivity contribution in [1.29, 1.82) is 0 Å². The first-order valence-corrected chi connectivity index (χ1v) is 49.4. The first-order valence-electron chi connectivity index (χ1n) is 49.4. The zero-order valence-corrected chi connectivity index (χ0v) is 78.7. The normalized spacial score (nSPS) is 11.8. The fourth-order valence-corrected chi connectivity index (χ4v) is 22.3. The van der Waals surface area contributed by atoms with E-state index in [2.05, 4.69) is 468 Å². The highest BCUT2D eigenvalue weighted by atomic mass is 16.3. The molecule has 0 amide bonds. The SMILES string of the molecule is c1ccc(-c2ccc(-c3nc(-c4ccc(-n5c6ccccc6c6cc7ccccc7cc65)c5ccccc45)nc4ccccc34)cc2)cc1.c1ccc2cc(-c3nc(-c4ccc5cc(-n6c7ccccc7c7cc8ccccc8cc76)ccc5c4)nc4cccnc34)ccc2c1.c1ccc2cc3c(cc2c1)c1ccccc1n3-c1ccc2cc(-c3nc(-c4cccc5c4oc4ccccc45)c4ccccc4n3)ccc2c1. The van der Waals surface area contributed by atoms with Crippen LogP contribution >= 0.6 is 0 Å². The number of fused-ring (bicyclic) bond motifs is 22. The lowest BCUT2D eigenvalue weighted by molar-refractivity contribution is 0.670. The van der Waals surface area contributed by atoms with Crippen LogP contribution in [-0.4, -0.2) is 48.6 Å². The van der Waals surface area contributed by atoms with Crippen LogP contribution in [0.4, 0.5) is 0 Å². The lowest BCUT2D eigenvalue weighted by Gasteiger charge is -2.15. The number of hydrogen-bond acceptors (Lipinski definition) is 8. The second kappa shape index (κ2) is 34.1. The highest BCUT2D eigenvalue weighted by Gasteiger charge is 2.25. The molecule has 0 aliphatic heterocycles. The summed E-state index contributed by atoms with van der Waals surface area (Å²) < 4.78 is 13.6. The number of hydrogen-bond donors (Lipinski definition) is 0. The third-order valence-electron chi connectivity index (χ3n) is 29.3. The van der Waals surface area contributed by atoms with Crippen LogP contribution < -0.4 is 0 Å². The number of furan rings is 1. The molecule has 0 bridgehead atoms. The van der Waals surface area contributed by atoms with E-state index in [0.29, 0.717) is 11.6 Å². The first-order chi connectivity index (χ1) is 72.3. The van der Waals surface area contributed by atoms with Crippen molar-refractivity contribution >= 4 is 196 Å². The maximum absolute atomic E-state index is 6.44. The summed E-state index contributed by atoms with van der Waals surface area (Å²) in [6.45, 7) is 0. The van der Waals surface area contributed by atoms with Gasteiger partial charge in [-0.05, 0) is 227 Å². The highest BCUT2D eigenvalue weighted by Crippen LogP contribution is 2.46. The molecule has 0 saturated carbocycles. The molecule has 0 fully saturated rings. The Hall–Kier alpha value is -19.8. The number of nitrogens with zero attached hydrogens (tertiary/aromatic N) is 10. The summed E-state index contributed by atoms with van der Waals surface area (Å²) in [6.07, 6.45) is 1.81. The Balaban J connectivity index is 0.000000104. The van der Waals surface area contributed by atoms with Crippen molar-refractivity contribution in [2.45, 2.75) is 0 Å². The molecule has 678 valence electrons. The molecular weight excluding hydrogens is 1780 g/mol. The van der Waals surface area contributed by atoms with E-state index in [1.54, 1.807) is 0 Å². The van der Waals surface area contributed by atoms with Gasteiger partial charge in [-0.2, -0.15) is 0 Å². The summed E-state index contributed by atoms with van der Waals surface area (Å²) in [5.74, 6) is 2.10. The molecule has 31 rings (SSSR count). The van der Waals surface area contributed by atoms with Gasteiger partial charge in [0.1, 0.15) is 22.4 Å². The van der Waals surface area contributed by atoms with Crippen molar-refractivity contribution < 1.29 is 4.42 Å². The van der Waals surface area contributed by atoms with E-state index in [4.69, 9.17) is 34.3 Å². The van der Waals surface area contributed by atoms with E-state index in [1.807, 2.05) is 48.7 Å². The Kier molecular flexibility index (Phi) is 19.4. The van der Waals surface area contributed by atoms with Crippen molar-refractivity contribution in [1.82, 2.24) is 48.6 Å². The Morgan fingerprint density at radius 1 is 0.178 bits per heavy atom. The van der Waals surface area contributed by atoms with E-state index in [9.17, 15) is 0 Å². The molecule has 146 heavy (non-hydrogen) atoms. The Morgan fingerprint density at radius 3 is 1.15 bits per heavy atom. The molecule has 0 unspecified atom stereocenters. The molecule has 31 aromatic rings. The molecule has 8 aromatic heterocycles.